The van der Waals surface area contributed by atoms with Crippen molar-refractivity contribution >= 4 is 23.5 Å². The summed E-state index contributed by atoms with van der Waals surface area (Å²) in [6, 6.07) is 11.3. The summed E-state index contributed by atoms with van der Waals surface area (Å²) < 4.78 is 43.7. The number of morpholine rings is 1. The number of amides is 4. The van der Waals surface area contributed by atoms with E-state index in [-0.39, 0.29) is 37.1 Å². The SMILES string of the molecule is O=C(Nc1ccc(C(F)(F)F)cc1)N1CCN(C(=O)c2ccccc2)C(C(=O)N2CCOCC2)C1. The van der Waals surface area contributed by atoms with Crippen molar-refractivity contribution in [3.63, 3.8) is 0 Å². The largest absolute Gasteiger partial charge is 0.416 e. The molecular weight excluding hydrogens is 465 g/mol. The lowest BCUT2D eigenvalue weighted by Crippen LogP contribution is -2.63. The first kappa shape index (κ1) is 24.5. The number of hydrogen-bond donors (Lipinski definition) is 1. The minimum absolute atomic E-state index is 0.0404. The van der Waals surface area contributed by atoms with Crippen LogP contribution in [0.2, 0.25) is 0 Å². The number of carbonyl (C=O) groups excluding carboxylic acids is 3. The molecule has 2 fully saturated rings. The van der Waals surface area contributed by atoms with Crippen molar-refractivity contribution in [3.05, 3.63) is 65.7 Å². The number of rotatable bonds is 3. The lowest BCUT2D eigenvalue weighted by Gasteiger charge is -2.42. The van der Waals surface area contributed by atoms with Gasteiger partial charge in [0, 0.05) is 37.4 Å². The Bertz CT molecular complexity index is 1060. The van der Waals surface area contributed by atoms with Crippen LogP contribution in [0, 0.1) is 0 Å². The Hall–Kier alpha value is -3.60. The van der Waals surface area contributed by atoms with Crippen molar-refractivity contribution in [1.29, 1.82) is 0 Å². The molecule has 11 heteroatoms. The molecule has 35 heavy (non-hydrogen) atoms. The van der Waals surface area contributed by atoms with E-state index in [1.54, 1.807) is 35.2 Å². The van der Waals surface area contributed by atoms with E-state index in [1.165, 1.54) is 21.9 Å². The lowest BCUT2D eigenvalue weighted by molar-refractivity contribution is -0.141. The Kier molecular flexibility index (Phi) is 7.25. The molecule has 2 heterocycles. The van der Waals surface area contributed by atoms with Crippen LogP contribution >= 0.6 is 0 Å². The van der Waals surface area contributed by atoms with Crippen LogP contribution in [0.4, 0.5) is 23.7 Å². The molecule has 0 radical (unpaired) electrons. The number of benzene rings is 2. The number of halogens is 3. The summed E-state index contributed by atoms with van der Waals surface area (Å²) in [6.07, 6.45) is -4.47. The molecule has 0 aromatic heterocycles. The van der Waals surface area contributed by atoms with Gasteiger partial charge >= 0.3 is 12.2 Å². The van der Waals surface area contributed by atoms with Crippen molar-refractivity contribution in [2.75, 3.05) is 51.3 Å². The lowest BCUT2D eigenvalue weighted by atomic mass is 10.1. The van der Waals surface area contributed by atoms with Crippen LogP contribution in [0.1, 0.15) is 15.9 Å². The second-order valence-electron chi connectivity index (χ2n) is 8.27. The second-order valence-corrected chi connectivity index (χ2v) is 8.27. The van der Waals surface area contributed by atoms with Gasteiger partial charge in [0.15, 0.2) is 0 Å². The molecular formula is C24H25F3N4O4. The van der Waals surface area contributed by atoms with Crippen LogP contribution in [0.5, 0.6) is 0 Å². The molecule has 2 saturated heterocycles. The molecule has 2 aromatic carbocycles. The van der Waals surface area contributed by atoms with Gasteiger partial charge in [-0.25, -0.2) is 4.79 Å². The van der Waals surface area contributed by atoms with Crippen LogP contribution in [0.25, 0.3) is 0 Å². The van der Waals surface area contributed by atoms with Gasteiger partial charge in [0.2, 0.25) is 5.91 Å². The van der Waals surface area contributed by atoms with E-state index in [4.69, 9.17) is 4.74 Å². The predicted molar refractivity (Wildman–Crippen MR) is 121 cm³/mol. The number of hydrogen-bond acceptors (Lipinski definition) is 4. The Balaban J connectivity index is 1.50. The van der Waals surface area contributed by atoms with E-state index in [0.29, 0.717) is 31.9 Å². The summed E-state index contributed by atoms with van der Waals surface area (Å²) in [6.45, 7) is 1.82. The summed E-state index contributed by atoms with van der Waals surface area (Å²) in [7, 11) is 0. The average molecular weight is 490 g/mol. The Morgan fingerprint density at radius 2 is 1.51 bits per heavy atom. The van der Waals surface area contributed by atoms with Crippen LogP contribution in [0.3, 0.4) is 0 Å². The Labute approximate surface area is 200 Å². The molecule has 2 aliphatic rings. The number of urea groups is 1. The van der Waals surface area contributed by atoms with Crippen LogP contribution in [-0.4, -0.2) is 84.5 Å². The maximum Gasteiger partial charge on any atom is 0.416 e. The third kappa shape index (κ3) is 5.73. The van der Waals surface area contributed by atoms with Gasteiger partial charge in [0.05, 0.1) is 25.3 Å². The maximum atomic E-state index is 13.4. The second kappa shape index (κ2) is 10.3. The molecule has 4 rings (SSSR count). The maximum absolute atomic E-state index is 13.4. The summed E-state index contributed by atoms with van der Waals surface area (Å²) >= 11 is 0. The standard InChI is InChI=1S/C24H25F3N4O4/c25-24(26,27)18-6-8-19(9-7-18)28-23(34)30-10-11-31(21(32)17-4-2-1-3-5-17)20(16-30)22(33)29-12-14-35-15-13-29/h1-9,20H,10-16H2,(H,28,34). The van der Waals surface area contributed by atoms with Crippen LogP contribution in [-0.2, 0) is 15.7 Å². The molecule has 0 aliphatic carbocycles. The van der Waals surface area contributed by atoms with Gasteiger partial charge in [-0.15, -0.1) is 0 Å². The quantitative estimate of drug-likeness (QED) is 0.718. The monoisotopic (exact) mass is 490 g/mol. The van der Waals surface area contributed by atoms with E-state index >= 15 is 0 Å². The number of nitrogens with one attached hydrogen (secondary N) is 1. The van der Waals surface area contributed by atoms with Crippen molar-refractivity contribution in [2.45, 2.75) is 12.2 Å². The third-order valence-corrected chi connectivity index (χ3v) is 6.02. The zero-order valence-corrected chi connectivity index (χ0v) is 18.8. The number of alkyl halides is 3. The smallest absolute Gasteiger partial charge is 0.378 e. The summed E-state index contributed by atoms with van der Waals surface area (Å²) in [5.74, 6) is -0.579. The molecule has 0 bridgehead atoms. The highest BCUT2D eigenvalue weighted by atomic mass is 19.4. The molecule has 1 N–H and O–H groups in total. The minimum Gasteiger partial charge on any atom is -0.378 e. The summed E-state index contributed by atoms with van der Waals surface area (Å²) in [4.78, 5) is 44.0. The van der Waals surface area contributed by atoms with Crippen LogP contribution in [0.15, 0.2) is 54.6 Å². The first-order chi connectivity index (χ1) is 16.7. The van der Waals surface area contributed by atoms with Gasteiger partial charge in [-0.3, -0.25) is 9.59 Å². The first-order valence-corrected chi connectivity index (χ1v) is 11.2. The van der Waals surface area contributed by atoms with Crippen molar-refractivity contribution < 1.29 is 32.3 Å². The van der Waals surface area contributed by atoms with E-state index in [2.05, 4.69) is 5.32 Å². The molecule has 4 amide bonds. The molecule has 186 valence electrons. The molecule has 0 saturated carbocycles. The topological polar surface area (TPSA) is 82.2 Å². The third-order valence-electron chi connectivity index (χ3n) is 6.02. The van der Waals surface area contributed by atoms with E-state index in [0.717, 1.165) is 12.1 Å². The van der Waals surface area contributed by atoms with E-state index in [9.17, 15) is 27.6 Å². The molecule has 1 unspecified atom stereocenters. The Morgan fingerprint density at radius 3 is 2.14 bits per heavy atom. The van der Waals surface area contributed by atoms with Gasteiger partial charge in [-0.2, -0.15) is 13.2 Å². The molecule has 8 nitrogen and oxygen atoms in total. The summed E-state index contributed by atoms with van der Waals surface area (Å²) in [5, 5.41) is 2.58. The number of anilines is 1. The zero-order chi connectivity index (χ0) is 25.0. The van der Waals surface area contributed by atoms with Crippen molar-refractivity contribution in [1.82, 2.24) is 14.7 Å². The Morgan fingerprint density at radius 1 is 0.857 bits per heavy atom. The van der Waals surface area contributed by atoms with Gasteiger partial charge < -0.3 is 24.8 Å². The number of nitrogens with zero attached hydrogens (tertiary/aromatic N) is 3. The summed E-state index contributed by atoms with van der Waals surface area (Å²) in [5.41, 5.74) is -0.184. The van der Waals surface area contributed by atoms with Crippen molar-refractivity contribution in [3.8, 4) is 0 Å². The normalized spacial score (nSPS) is 18.8. The van der Waals surface area contributed by atoms with E-state index in [1.807, 2.05) is 0 Å². The van der Waals surface area contributed by atoms with Crippen LogP contribution < -0.4 is 5.32 Å². The minimum atomic E-state index is -4.47. The highest BCUT2D eigenvalue weighted by Gasteiger charge is 2.39. The fraction of sp³-hybridized carbons (Fsp3) is 0.375. The number of piperazine rings is 1. The van der Waals surface area contributed by atoms with E-state index < -0.39 is 23.8 Å². The number of ether oxygens (including phenoxy) is 1. The predicted octanol–water partition coefficient (Wildman–Crippen LogP) is 2.92. The average Bonchev–Trinajstić information content (AvgIpc) is 2.88. The molecule has 2 aromatic rings. The van der Waals surface area contributed by atoms with Gasteiger partial charge in [0.25, 0.3) is 5.91 Å². The number of carbonyl (C=O) groups is 3. The van der Waals surface area contributed by atoms with Gasteiger partial charge in [0.1, 0.15) is 6.04 Å². The highest BCUT2D eigenvalue weighted by Crippen LogP contribution is 2.30. The van der Waals surface area contributed by atoms with Gasteiger partial charge in [-0.1, -0.05) is 18.2 Å². The van der Waals surface area contributed by atoms with Crippen molar-refractivity contribution in [2.24, 2.45) is 0 Å². The molecule has 1 atom stereocenters. The zero-order valence-electron chi connectivity index (χ0n) is 18.8. The molecule has 2 aliphatic heterocycles. The first-order valence-electron chi connectivity index (χ1n) is 11.2. The fourth-order valence-corrected chi connectivity index (χ4v) is 4.11. The highest BCUT2D eigenvalue weighted by molar-refractivity contribution is 5.98. The molecule has 0 spiro atoms. The van der Waals surface area contributed by atoms with Gasteiger partial charge in [-0.05, 0) is 36.4 Å². The fourth-order valence-electron chi connectivity index (χ4n) is 4.11.